The van der Waals surface area contributed by atoms with Crippen molar-refractivity contribution in [2.45, 2.75) is 32.6 Å². The van der Waals surface area contributed by atoms with Crippen molar-refractivity contribution >= 4 is 22.9 Å². The van der Waals surface area contributed by atoms with Crippen LogP contribution < -0.4 is 11.5 Å². The van der Waals surface area contributed by atoms with Crippen LogP contribution in [0.3, 0.4) is 0 Å². The average molecular weight is 292 g/mol. The van der Waals surface area contributed by atoms with Crippen molar-refractivity contribution < 1.29 is 9.84 Å². The zero-order valence-electron chi connectivity index (χ0n) is 12.1. The zero-order chi connectivity index (χ0) is 15.1. The molecule has 0 aromatic carbocycles. The predicted octanol–water partition coefficient (Wildman–Crippen LogP) is 0.543. The first-order valence-corrected chi connectivity index (χ1v) is 7.04. The van der Waals surface area contributed by atoms with Gasteiger partial charge in [-0.15, -0.1) is 0 Å². The number of aromatic nitrogens is 4. The third-order valence-electron chi connectivity index (χ3n) is 4.33. The van der Waals surface area contributed by atoms with Gasteiger partial charge in [0.1, 0.15) is 11.7 Å². The Morgan fingerprint density at radius 3 is 2.76 bits per heavy atom. The van der Waals surface area contributed by atoms with Crippen LogP contribution in [0, 0.1) is 11.8 Å². The normalized spacial score (nSPS) is 29.3. The van der Waals surface area contributed by atoms with Crippen LogP contribution in [-0.2, 0) is 4.74 Å². The highest BCUT2D eigenvalue weighted by Crippen LogP contribution is 2.41. The summed E-state index contributed by atoms with van der Waals surface area (Å²) in [4.78, 5) is 12.4. The molecule has 114 valence electrons. The van der Waals surface area contributed by atoms with Crippen LogP contribution in [0.4, 0.5) is 11.8 Å². The van der Waals surface area contributed by atoms with E-state index < -0.39 is 0 Å². The molecule has 1 aliphatic rings. The molecule has 8 nitrogen and oxygen atoms in total. The molecule has 2 aromatic rings. The minimum Gasteiger partial charge on any atom is -0.396 e. The van der Waals surface area contributed by atoms with Gasteiger partial charge in [-0.1, -0.05) is 13.8 Å². The summed E-state index contributed by atoms with van der Waals surface area (Å²) in [5.41, 5.74) is 12.6. The highest BCUT2D eigenvalue weighted by Gasteiger charge is 2.40. The van der Waals surface area contributed by atoms with Crippen molar-refractivity contribution in [1.82, 2.24) is 19.5 Å². The van der Waals surface area contributed by atoms with E-state index in [-0.39, 0.29) is 36.6 Å². The second-order valence-corrected chi connectivity index (χ2v) is 5.59. The summed E-state index contributed by atoms with van der Waals surface area (Å²) in [5.74, 6) is 0.974. The first-order chi connectivity index (χ1) is 10.0. The number of nitrogen functional groups attached to an aromatic ring is 2. The Labute approximate surface area is 122 Å². The number of hydrogen-bond acceptors (Lipinski definition) is 7. The number of nitrogens with two attached hydrogens (primary N) is 2. The van der Waals surface area contributed by atoms with Crippen LogP contribution in [0.25, 0.3) is 11.2 Å². The number of hydrogen-bond donors (Lipinski definition) is 3. The fourth-order valence-electron chi connectivity index (χ4n) is 2.94. The lowest BCUT2D eigenvalue weighted by atomic mass is 9.91. The number of aliphatic hydroxyl groups is 1. The molecule has 1 aliphatic heterocycles. The fourth-order valence-corrected chi connectivity index (χ4v) is 2.94. The van der Waals surface area contributed by atoms with Crippen molar-refractivity contribution in [3.8, 4) is 0 Å². The summed E-state index contributed by atoms with van der Waals surface area (Å²) in [6.45, 7) is 4.36. The van der Waals surface area contributed by atoms with E-state index in [0.29, 0.717) is 23.5 Å². The van der Waals surface area contributed by atoms with Crippen LogP contribution in [-0.4, -0.2) is 37.3 Å². The monoisotopic (exact) mass is 292 g/mol. The molecule has 0 saturated carbocycles. The largest absolute Gasteiger partial charge is 0.396 e. The van der Waals surface area contributed by atoms with E-state index in [4.69, 9.17) is 21.3 Å². The molecule has 21 heavy (non-hydrogen) atoms. The van der Waals surface area contributed by atoms with Gasteiger partial charge in [0.05, 0.1) is 12.4 Å². The molecular formula is C13H20N6O2. The number of fused-ring (bicyclic) bond motifs is 1. The highest BCUT2D eigenvalue weighted by atomic mass is 16.5. The van der Waals surface area contributed by atoms with Gasteiger partial charge in [-0.2, -0.15) is 9.97 Å². The van der Waals surface area contributed by atoms with Crippen LogP contribution in [0.1, 0.15) is 26.5 Å². The molecule has 2 aromatic heterocycles. The Hall–Kier alpha value is -1.93. The Kier molecular flexibility index (Phi) is 3.42. The van der Waals surface area contributed by atoms with Crippen LogP contribution >= 0.6 is 0 Å². The molecule has 4 unspecified atom stereocenters. The van der Waals surface area contributed by atoms with Gasteiger partial charge in [-0.25, -0.2) is 4.98 Å². The van der Waals surface area contributed by atoms with E-state index in [2.05, 4.69) is 28.8 Å². The van der Waals surface area contributed by atoms with E-state index >= 15 is 0 Å². The van der Waals surface area contributed by atoms with Crippen molar-refractivity contribution in [2.24, 2.45) is 11.8 Å². The molecule has 0 radical (unpaired) electrons. The summed E-state index contributed by atoms with van der Waals surface area (Å²) in [6.07, 6.45) is 2.09. The van der Waals surface area contributed by atoms with Crippen molar-refractivity contribution in [3.05, 3.63) is 6.33 Å². The summed E-state index contributed by atoms with van der Waals surface area (Å²) >= 11 is 0. The SMILES string of the molecule is CC1C(CCO)OC(n2cnc3c(N)nc(N)nc32)C1C. The molecule has 0 bridgehead atoms. The highest BCUT2D eigenvalue weighted by molar-refractivity contribution is 5.82. The van der Waals surface area contributed by atoms with E-state index in [1.807, 2.05) is 4.57 Å². The quantitative estimate of drug-likeness (QED) is 0.754. The minimum absolute atomic E-state index is 0.0176. The van der Waals surface area contributed by atoms with Gasteiger partial charge in [0.15, 0.2) is 11.5 Å². The Morgan fingerprint density at radius 2 is 2.05 bits per heavy atom. The number of imidazole rings is 1. The van der Waals surface area contributed by atoms with E-state index in [1.165, 1.54) is 0 Å². The second kappa shape index (κ2) is 5.12. The number of aliphatic hydroxyl groups excluding tert-OH is 1. The maximum atomic E-state index is 9.14. The predicted molar refractivity (Wildman–Crippen MR) is 78.1 cm³/mol. The summed E-state index contributed by atoms with van der Waals surface area (Å²) in [7, 11) is 0. The zero-order valence-corrected chi connectivity index (χ0v) is 12.1. The Bertz CT molecular complexity index is 657. The van der Waals surface area contributed by atoms with Gasteiger partial charge >= 0.3 is 0 Å². The van der Waals surface area contributed by atoms with Gasteiger partial charge in [0.2, 0.25) is 5.95 Å². The van der Waals surface area contributed by atoms with Crippen LogP contribution in [0.15, 0.2) is 6.33 Å². The molecule has 1 fully saturated rings. The first-order valence-electron chi connectivity index (χ1n) is 7.04. The lowest BCUT2D eigenvalue weighted by Crippen LogP contribution is -2.17. The average Bonchev–Trinajstić information content (AvgIpc) is 2.96. The lowest BCUT2D eigenvalue weighted by Gasteiger charge is -2.18. The Balaban J connectivity index is 2.01. The van der Waals surface area contributed by atoms with Gasteiger partial charge in [-0.3, -0.25) is 4.57 Å². The molecule has 3 rings (SSSR count). The molecule has 3 heterocycles. The maximum Gasteiger partial charge on any atom is 0.224 e. The Morgan fingerprint density at radius 1 is 1.29 bits per heavy atom. The van der Waals surface area contributed by atoms with Crippen molar-refractivity contribution in [1.29, 1.82) is 0 Å². The summed E-state index contributed by atoms with van der Waals surface area (Å²) < 4.78 is 7.93. The summed E-state index contributed by atoms with van der Waals surface area (Å²) in [6, 6.07) is 0. The molecule has 4 atom stereocenters. The van der Waals surface area contributed by atoms with Crippen LogP contribution in [0.2, 0.25) is 0 Å². The second-order valence-electron chi connectivity index (χ2n) is 5.59. The number of anilines is 2. The fraction of sp³-hybridized carbons (Fsp3) is 0.615. The molecule has 0 spiro atoms. The molecular weight excluding hydrogens is 272 g/mol. The first kappa shape index (κ1) is 14.0. The van der Waals surface area contributed by atoms with E-state index in [9.17, 15) is 0 Å². The number of rotatable bonds is 3. The lowest BCUT2D eigenvalue weighted by molar-refractivity contribution is -0.0198. The third kappa shape index (κ3) is 2.20. The van der Waals surface area contributed by atoms with E-state index in [1.54, 1.807) is 6.33 Å². The van der Waals surface area contributed by atoms with Gasteiger partial charge in [-0.05, 0) is 12.3 Å². The van der Waals surface area contributed by atoms with Gasteiger partial charge in [0.25, 0.3) is 0 Å². The topological polar surface area (TPSA) is 125 Å². The standard InChI is InChI=1S/C13H20N6O2/c1-6-7(2)12(21-8(6)3-4-20)19-5-16-9-10(14)17-13(15)18-11(9)19/h5-8,12,20H,3-4H2,1-2H3,(H4,14,15,17,18). The van der Waals surface area contributed by atoms with Crippen LogP contribution in [0.5, 0.6) is 0 Å². The third-order valence-corrected chi connectivity index (χ3v) is 4.33. The smallest absolute Gasteiger partial charge is 0.224 e. The summed E-state index contributed by atoms with van der Waals surface area (Å²) in [5, 5.41) is 9.14. The molecule has 5 N–H and O–H groups in total. The van der Waals surface area contributed by atoms with E-state index in [0.717, 1.165) is 0 Å². The molecule has 8 heteroatoms. The number of nitrogens with zero attached hydrogens (tertiary/aromatic N) is 4. The number of ether oxygens (including phenoxy) is 1. The van der Waals surface area contributed by atoms with Gasteiger partial charge < -0.3 is 21.3 Å². The van der Waals surface area contributed by atoms with Crippen molar-refractivity contribution in [3.63, 3.8) is 0 Å². The minimum atomic E-state index is -0.199. The molecule has 0 amide bonds. The maximum absolute atomic E-state index is 9.14. The van der Waals surface area contributed by atoms with Gasteiger partial charge in [0, 0.05) is 12.5 Å². The van der Waals surface area contributed by atoms with Crippen molar-refractivity contribution in [2.75, 3.05) is 18.1 Å². The molecule has 1 saturated heterocycles. The molecule has 0 aliphatic carbocycles.